The van der Waals surface area contributed by atoms with Crippen LogP contribution in [-0.4, -0.2) is 76.5 Å². The smallest absolute Gasteiger partial charge is 0.327 e. The van der Waals surface area contributed by atoms with E-state index < -0.39 is 11.5 Å². The molecule has 164 valence electrons. The minimum atomic E-state index is -0.894. The first-order chi connectivity index (χ1) is 13.8. The molecule has 1 N–H and O–H groups in total. The molecule has 2 atom stereocenters. The molecule has 4 amide bonds. The Morgan fingerprint density at radius 2 is 1.72 bits per heavy atom. The second kappa shape index (κ2) is 9.02. The van der Waals surface area contributed by atoms with Crippen LogP contribution in [0, 0.1) is 17.8 Å². The standard InChI is InChI=1S/C22H37N3O4/c1-22(2)20(28)25(21(29)23(22)3)14-17(15-26)18(13-16-9-5-6-10-16)19(27)24-11-7-4-8-12-24/h16-18,26H,4-15H2,1-3H3. The zero-order valence-corrected chi connectivity index (χ0v) is 18.2. The Morgan fingerprint density at radius 1 is 1.10 bits per heavy atom. The number of rotatable bonds is 7. The quantitative estimate of drug-likeness (QED) is 0.658. The van der Waals surface area contributed by atoms with Crippen LogP contribution in [0.4, 0.5) is 4.79 Å². The van der Waals surface area contributed by atoms with Gasteiger partial charge >= 0.3 is 6.03 Å². The summed E-state index contributed by atoms with van der Waals surface area (Å²) in [7, 11) is 1.63. The monoisotopic (exact) mass is 407 g/mol. The Labute approximate surface area is 174 Å². The topological polar surface area (TPSA) is 81.2 Å². The fraction of sp³-hybridized carbons (Fsp3) is 0.864. The van der Waals surface area contributed by atoms with Gasteiger partial charge in [0.2, 0.25) is 5.91 Å². The van der Waals surface area contributed by atoms with Crippen molar-refractivity contribution in [3.63, 3.8) is 0 Å². The lowest BCUT2D eigenvalue weighted by atomic mass is 9.82. The third-order valence-electron chi connectivity index (χ3n) is 7.39. The van der Waals surface area contributed by atoms with Gasteiger partial charge in [-0.25, -0.2) is 4.79 Å². The molecule has 0 aromatic carbocycles. The molecule has 2 aliphatic heterocycles. The first-order valence-corrected chi connectivity index (χ1v) is 11.3. The van der Waals surface area contributed by atoms with Crippen LogP contribution in [0.2, 0.25) is 0 Å². The van der Waals surface area contributed by atoms with Crippen molar-refractivity contribution in [3.8, 4) is 0 Å². The van der Waals surface area contributed by atoms with E-state index in [9.17, 15) is 19.5 Å². The van der Waals surface area contributed by atoms with Crippen LogP contribution in [0.25, 0.3) is 0 Å². The highest BCUT2D eigenvalue weighted by molar-refractivity contribution is 6.06. The lowest BCUT2D eigenvalue weighted by Crippen LogP contribution is -2.47. The van der Waals surface area contributed by atoms with Crippen molar-refractivity contribution in [1.29, 1.82) is 0 Å². The summed E-state index contributed by atoms with van der Waals surface area (Å²) in [5.41, 5.74) is -0.894. The summed E-state index contributed by atoms with van der Waals surface area (Å²) >= 11 is 0. The third kappa shape index (κ3) is 4.44. The SMILES string of the molecule is CN1C(=O)N(CC(CO)C(CC2CCCC2)C(=O)N2CCCCC2)C(=O)C1(C)C. The Kier molecular flexibility index (Phi) is 6.87. The second-order valence-electron chi connectivity index (χ2n) is 9.64. The molecule has 3 rings (SSSR count). The van der Waals surface area contributed by atoms with Gasteiger partial charge in [0, 0.05) is 45.1 Å². The Hall–Kier alpha value is -1.63. The summed E-state index contributed by atoms with van der Waals surface area (Å²) in [6.07, 6.45) is 8.58. The number of hydrogen-bond donors (Lipinski definition) is 1. The molecule has 7 heteroatoms. The summed E-state index contributed by atoms with van der Waals surface area (Å²) in [6.45, 7) is 4.92. The molecule has 0 bridgehead atoms. The van der Waals surface area contributed by atoms with Gasteiger partial charge < -0.3 is 14.9 Å². The van der Waals surface area contributed by atoms with Crippen molar-refractivity contribution in [1.82, 2.24) is 14.7 Å². The lowest BCUT2D eigenvalue weighted by molar-refractivity contribution is -0.141. The molecule has 29 heavy (non-hydrogen) atoms. The molecule has 2 heterocycles. The summed E-state index contributed by atoms with van der Waals surface area (Å²) in [6, 6.07) is -0.344. The number of carbonyl (C=O) groups is 3. The Balaban J connectivity index is 1.79. The molecule has 0 aromatic rings. The summed E-state index contributed by atoms with van der Waals surface area (Å²) in [4.78, 5) is 43.6. The Bertz CT molecular complexity index is 624. The van der Waals surface area contributed by atoms with Gasteiger partial charge in [-0.2, -0.15) is 0 Å². The number of piperidine rings is 1. The number of amides is 4. The number of urea groups is 1. The van der Waals surface area contributed by atoms with Crippen molar-refractivity contribution < 1.29 is 19.5 Å². The first-order valence-electron chi connectivity index (χ1n) is 11.3. The van der Waals surface area contributed by atoms with E-state index in [4.69, 9.17) is 0 Å². The van der Waals surface area contributed by atoms with Gasteiger partial charge in [0.1, 0.15) is 5.54 Å². The predicted octanol–water partition coefficient (Wildman–Crippen LogP) is 2.48. The number of aliphatic hydroxyl groups is 1. The van der Waals surface area contributed by atoms with E-state index in [-0.39, 0.29) is 36.9 Å². The molecular weight excluding hydrogens is 370 g/mol. The molecule has 3 aliphatic rings. The average Bonchev–Trinajstić information content (AvgIpc) is 3.29. The van der Waals surface area contributed by atoms with E-state index in [1.807, 2.05) is 4.90 Å². The molecule has 0 spiro atoms. The van der Waals surface area contributed by atoms with Gasteiger partial charge in [-0.05, 0) is 45.4 Å². The van der Waals surface area contributed by atoms with E-state index >= 15 is 0 Å². The number of carbonyl (C=O) groups excluding carboxylic acids is 3. The number of likely N-dealkylation sites (N-methyl/N-ethyl adjacent to an activating group) is 1. The van der Waals surface area contributed by atoms with Gasteiger partial charge in [0.15, 0.2) is 0 Å². The molecule has 0 aromatic heterocycles. The van der Waals surface area contributed by atoms with E-state index in [1.54, 1.807) is 20.9 Å². The van der Waals surface area contributed by atoms with E-state index in [2.05, 4.69) is 0 Å². The van der Waals surface area contributed by atoms with Crippen LogP contribution < -0.4 is 0 Å². The highest BCUT2D eigenvalue weighted by Gasteiger charge is 2.50. The fourth-order valence-corrected chi connectivity index (χ4v) is 5.14. The molecule has 7 nitrogen and oxygen atoms in total. The van der Waals surface area contributed by atoms with Gasteiger partial charge in [-0.15, -0.1) is 0 Å². The zero-order valence-electron chi connectivity index (χ0n) is 18.2. The minimum Gasteiger partial charge on any atom is -0.396 e. The van der Waals surface area contributed by atoms with Gasteiger partial charge in [0.25, 0.3) is 5.91 Å². The van der Waals surface area contributed by atoms with Crippen molar-refractivity contribution >= 4 is 17.8 Å². The summed E-state index contributed by atoms with van der Waals surface area (Å²) in [5.74, 6) is -0.418. The highest BCUT2D eigenvalue weighted by Crippen LogP contribution is 2.35. The van der Waals surface area contributed by atoms with Crippen LogP contribution in [0.5, 0.6) is 0 Å². The van der Waals surface area contributed by atoms with Gasteiger partial charge in [-0.3, -0.25) is 14.5 Å². The van der Waals surface area contributed by atoms with Crippen molar-refractivity contribution in [2.24, 2.45) is 17.8 Å². The molecule has 3 fully saturated rings. The van der Waals surface area contributed by atoms with Gasteiger partial charge in [-0.1, -0.05) is 25.7 Å². The first kappa shape index (κ1) is 22.1. The third-order valence-corrected chi connectivity index (χ3v) is 7.39. The fourth-order valence-electron chi connectivity index (χ4n) is 5.14. The van der Waals surface area contributed by atoms with E-state index in [1.165, 1.54) is 22.6 Å². The maximum Gasteiger partial charge on any atom is 0.327 e. The van der Waals surface area contributed by atoms with Crippen molar-refractivity contribution in [3.05, 3.63) is 0 Å². The second-order valence-corrected chi connectivity index (χ2v) is 9.64. The van der Waals surface area contributed by atoms with E-state index in [0.29, 0.717) is 5.92 Å². The number of imide groups is 1. The molecular formula is C22H37N3O4. The Morgan fingerprint density at radius 3 is 2.24 bits per heavy atom. The molecule has 1 saturated carbocycles. The number of aliphatic hydroxyl groups excluding tert-OH is 1. The molecule has 1 aliphatic carbocycles. The van der Waals surface area contributed by atoms with Crippen LogP contribution in [0.15, 0.2) is 0 Å². The number of hydrogen-bond acceptors (Lipinski definition) is 4. The lowest BCUT2D eigenvalue weighted by Gasteiger charge is -2.35. The minimum absolute atomic E-state index is 0.0994. The molecule has 2 unspecified atom stereocenters. The maximum absolute atomic E-state index is 13.4. The largest absolute Gasteiger partial charge is 0.396 e. The van der Waals surface area contributed by atoms with Crippen molar-refractivity contribution in [2.45, 2.75) is 70.8 Å². The zero-order chi connectivity index (χ0) is 21.2. The maximum atomic E-state index is 13.4. The highest BCUT2D eigenvalue weighted by atomic mass is 16.3. The number of likely N-dealkylation sites (tertiary alicyclic amines) is 1. The average molecular weight is 408 g/mol. The van der Waals surface area contributed by atoms with E-state index in [0.717, 1.165) is 51.6 Å². The summed E-state index contributed by atoms with van der Waals surface area (Å²) < 4.78 is 0. The van der Waals surface area contributed by atoms with Crippen LogP contribution in [-0.2, 0) is 9.59 Å². The van der Waals surface area contributed by atoms with Crippen LogP contribution >= 0.6 is 0 Å². The molecule has 0 radical (unpaired) electrons. The van der Waals surface area contributed by atoms with Crippen molar-refractivity contribution in [2.75, 3.05) is 33.3 Å². The normalized spacial score (nSPS) is 25.0. The van der Waals surface area contributed by atoms with Crippen LogP contribution in [0.3, 0.4) is 0 Å². The predicted molar refractivity (Wildman–Crippen MR) is 110 cm³/mol. The molecule has 2 saturated heterocycles. The summed E-state index contributed by atoms with van der Waals surface area (Å²) in [5, 5.41) is 10.2. The van der Waals surface area contributed by atoms with Crippen LogP contribution in [0.1, 0.15) is 65.2 Å². The van der Waals surface area contributed by atoms with Gasteiger partial charge in [0.05, 0.1) is 0 Å². The number of nitrogens with zero attached hydrogens (tertiary/aromatic N) is 3.